The number of likely N-dealkylation sites (tertiary alicyclic amines) is 1. The molecule has 3 heterocycles. The molecular weight excluding hydrogens is 446 g/mol. The number of amides is 2. The molecule has 9 nitrogen and oxygen atoms in total. The predicted octanol–water partition coefficient (Wildman–Crippen LogP) is 2.82. The lowest BCUT2D eigenvalue weighted by Crippen LogP contribution is -2.48. The van der Waals surface area contributed by atoms with E-state index in [2.05, 4.69) is 17.0 Å². The number of ether oxygens (including phenoxy) is 2. The van der Waals surface area contributed by atoms with E-state index in [0.29, 0.717) is 31.4 Å². The molecule has 0 radical (unpaired) electrons. The smallest absolute Gasteiger partial charge is 0.409 e. The third-order valence-electron chi connectivity index (χ3n) is 7.05. The fourth-order valence-corrected chi connectivity index (χ4v) is 5.05. The molecule has 0 aliphatic carbocycles. The maximum absolute atomic E-state index is 13.0. The largest absolute Gasteiger partial charge is 0.497 e. The highest BCUT2D eigenvalue weighted by Gasteiger charge is 2.33. The van der Waals surface area contributed by atoms with Crippen molar-refractivity contribution >= 4 is 12.0 Å². The van der Waals surface area contributed by atoms with E-state index in [-0.39, 0.29) is 12.0 Å². The number of nitrogens with zero attached hydrogens (tertiary/aromatic N) is 5. The van der Waals surface area contributed by atoms with Crippen molar-refractivity contribution < 1.29 is 19.1 Å². The minimum absolute atomic E-state index is 0.0524. The Labute approximate surface area is 207 Å². The molecule has 9 heteroatoms. The maximum atomic E-state index is 13.0. The Morgan fingerprint density at radius 2 is 1.83 bits per heavy atom. The lowest BCUT2D eigenvalue weighted by Gasteiger charge is -2.40. The molecule has 2 aliphatic rings. The molecule has 2 aromatic rings. The summed E-state index contributed by atoms with van der Waals surface area (Å²) >= 11 is 0. The van der Waals surface area contributed by atoms with Crippen molar-refractivity contribution in [3.05, 3.63) is 46.8 Å². The van der Waals surface area contributed by atoms with Crippen LogP contribution in [0.15, 0.2) is 24.3 Å². The second kappa shape index (κ2) is 11.1. The van der Waals surface area contributed by atoms with Gasteiger partial charge in [0, 0.05) is 70.5 Å². The SMILES string of the molecule is CCOC(=O)N1CCC(N2CCc3c(c(C(=O)N(C)C)nn3CCc3ccc(OC)cc3)C2)CC1. The van der Waals surface area contributed by atoms with Crippen molar-refractivity contribution in [2.75, 3.05) is 47.4 Å². The number of piperidine rings is 1. The minimum atomic E-state index is -0.219. The molecule has 0 N–H and O–H groups in total. The first-order valence-electron chi connectivity index (χ1n) is 12.5. The van der Waals surface area contributed by atoms with Gasteiger partial charge >= 0.3 is 6.09 Å². The monoisotopic (exact) mass is 483 g/mol. The molecule has 35 heavy (non-hydrogen) atoms. The van der Waals surface area contributed by atoms with Crippen molar-refractivity contribution in [2.24, 2.45) is 0 Å². The Morgan fingerprint density at radius 1 is 1.11 bits per heavy atom. The number of aryl methyl sites for hydroxylation is 2. The first kappa shape index (κ1) is 25.0. The highest BCUT2D eigenvalue weighted by Crippen LogP contribution is 2.28. The van der Waals surface area contributed by atoms with Crippen molar-refractivity contribution in [2.45, 2.75) is 51.7 Å². The molecule has 0 spiro atoms. The third-order valence-corrected chi connectivity index (χ3v) is 7.05. The Bertz CT molecular complexity index is 1030. The van der Waals surface area contributed by atoms with Crippen LogP contribution in [0.3, 0.4) is 0 Å². The van der Waals surface area contributed by atoms with E-state index >= 15 is 0 Å². The van der Waals surface area contributed by atoms with Crippen LogP contribution in [0.1, 0.15) is 47.1 Å². The van der Waals surface area contributed by atoms with Gasteiger partial charge in [0.2, 0.25) is 0 Å². The number of carbonyl (C=O) groups is 2. The summed E-state index contributed by atoms with van der Waals surface area (Å²) < 4.78 is 12.5. The molecule has 1 saturated heterocycles. The van der Waals surface area contributed by atoms with Crippen molar-refractivity contribution in [3.8, 4) is 5.75 Å². The fraction of sp³-hybridized carbons (Fsp3) is 0.577. The van der Waals surface area contributed by atoms with Gasteiger partial charge in [-0.2, -0.15) is 5.10 Å². The zero-order valence-electron chi connectivity index (χ0n) is 21.3. The molecule has 0 atom stereocenters. The van der Waals surface area contributed by atoms with Crippen LogP contribution in [0.5, 0.6) is 5.75 Å². The summed E-state index contributed by atoms with van der Waals surface area (Å²) in [7, 11) is 5.22. The predicted molar refractivity (Wildman–Crippen MR) is 133 cm³/mol. The second-order valence-corrected chi connectivity index (χ2v) is 9.43. The van der Waals surface area contributed by atoms with Crippen LogP contribution < -0.4 is 4.74 Å². The normalized spacial score (nSPS) is 16.6. The van der Waals surface area contributed by atoms with Crippen LogP contribution in [-0.4, -0.2) is 90.0 Å². The van der Waals surface area contributed by atoms with Gasteiger partial charge in [0.1, 0.15) is 5.75 Å². The summed E-state index contributed by atoms with van der Waals surface area (Å²) in [5.74, 6) is 0.792. The molecule has 1 aromatic carbocycles. The van der Waals surface area contributed by atoms with E-state index in [1.165, 1.54) is 11.3 Å². The maximum Gasteiger partial charge on any atom is 0.409 e. The number of methoxy groups -OCH3 is 1. The van der Waals surface area contributed by atoms with Crippen LogP contribution in [-0.2, 0) is 30.7 Å². The number of benzene rings is 1. The third kappa shape index (κ3) is 5.61. The average Bonchev–Trinajstić information content (AvgIpc) is 3.25. The summed E-state index contributed by atoms with van der Waals surface area (Å²) in [4.78, 5) is 30.9. The fourth-order valence-electron chi connectivity index (χ4n) is 5.05. The van der Waals surface area contributed by atoms with Crippen LogP contribution in [0, 0.1) is 0 Å². The average molecular weight is 484 g/mol. The van der Waals surface area contributed by atoms with Crippen LogP contribution >= 0.6 is 0 Å². The molecule has 2 amide bonds. The molecule has 0 bridgehead atoms. The van der Waals surface area contributed by atoms with Gasteiger partial charge in [-0.05, 0) is 43.9 Å². The van der Waals surface area contributed by atoms with Crippen LogP contribution in [0.2, 0.25) is 0 Å². The molecular formula is C26H37N5O4. The Balaban J connectivity index is 1.47. The summed E-state index contributed by atoms with van der Waals surface area (Å²) in [6, 6.07) is 8.48. The number of aromatic nitrogens is 2. The van der Waals surface area contributed by atoms with Gasteiger partial charge in [0.15, 0.2) is 5.69 Å². The second-order valence-electron chi connectivity index (χ2n) is 9.43. The molecule has 190 valence electrons. The molecule has 0 unspecified atom stereocenters. The van der Waals surface area contributed by atoms with Gasteiger partial charge in [-0.3, -0.25) is 14.4 Å². The van der Waals surface area contributed by atoms with Gasteiger partial charge in [0.25, 0.3) is 5.91 Å². The van der Waals surface area contributed by atoms with Gasteiger partial charge in [-0.15, -0.1) is 0 Å². The number of fused-ring (bicyclic) bond motifs is 1. The van der Waals surface area contributed by atoms with Crippen molar-refractivity contribution in [1.82, 2.24) is 24.5 Å². The van der Waals surface area contributed by atoms with Crippen molar-refractivity contribution in [1.29, 1.82) is 0 Å². The van der Waals surface area contributed by atoms with Crippen LogP contribution in [0.25, 0.3) is 0 Å². The quantitative estimate of drug-likeness (QED) is 0.603. The van der Waals surface area contributed by atoms with Gasteiger partial charge < -0.3 is 19.3 Å². The van der Waals surface area contributed by atoms with Gasteiger partial charge in [-0.1, -0.05) is 12.1 Å². The van der Waals surface area contributed by atoms with E-state index < -0.39 is 0 Å². The molecule has 1 fully saturated rings. The van der Waals surface area contributed by atoms with Crippen molar-refractivity contribution in [3.63, 3.8) is 0 Å². The van der Waals surface area contributed by atoms with E-state index in [0.717, 1.165) is 56.6 Å². The zero-order chi connectivity index (χ0) is 24.9. The summed E-state index contributed by atoms with van der Waals surface area (Å²) in [5.41, 5.74) is 4.00. The Kier molecular flexibility index (Phi) is 7.95. The standard InChI is InChI=1S/C26H37N5O4/c1-5-35-26(33)29-14-11-20(12-15-29)30-16-13-23-22(18-30)24(25(32)28(2)3)27-31(23)17-10-19-6-8-21(34-4)9-7-19/h6-9,20H,5,10-18H2,1-4H3. The molecule has 4 rings (SSSR count). The lowest BCUT2D eigenvalue weighted by molar-refractivity contribution is 0.0695. The Hall–Kier alpha value is -3.07. The van der Waals surface area contributed by atoms with Gasteiger partial charge in [-0.25, -0.2) is 4.79 Å². The Morgan fingerprint density at radius 3 is 2.46 bits per heavy atom. The molecule has 2 aliphatic heterocycles. The van der Waals surface area contributed by atoms with E-state index in [1.54, 1.807) is 31.0 Å². The summed E-state index contributed by atoms with van der Waals surface area (Å²) in [6.07, 6.45) is 3.31. The number of carbonyl (C=O) groups excluding carboxylic acids is 2. The van der Waals surface area contributed by atoms with E-state index in [1.807, 2.05) is 23.7 Å². The molecule has 0 saturated carbocycles. The number of hydrogen-bond donors (Lipinski definition) is 0. The topological polar surface area (TPSA) is 80.1 Å². The zero-order valence-corrected chi connectivity index (χ0v) is 21.3. The van der Waals surface area contributed by atoms with Gasteiger partial charge in [0.05, 0.1) is 13.7 Å². The first-order chi connectivity index (χ1) is 16.9. The van der Waals surface area contributed by atoms with Crippen LogP contribution in [0.4, 0.5) is 4.79 Å². The first-order valence-corrected chi connectivity index (χ1v) is 12.5. The number of hydrogen-bond acceptors (Lipinski definition) is 6. The van der Waals surface area contributed by atoms with E-state index in [9.17, 15) is 9.59 Å². The lowest BCUT2D eigenvalue weighted by atomic mass is 9.97. The minimum Gasteiger partial charge on any atom is -0.497 e. The number of rotatable bonds is 7. The molecule has 1 aromatic heterocycles. The summed E-state index contributed by atoms with van der Waals surface area (Å²) in [6.45, 7) is 6.03. The highest BCUT2D eigenvalue weighted by atomic mass is 16.6. The highest BCUT2D eigenvalue weighted by molar-refractivity contribution is 5.93. The summed E-state index contributed by atoms with van der Waals surface area (Å²) in [5, 5.41) is 4.80. The van der Waals surface area contributed by atoms with E-state index in [4.69, 9.17) is 14.6 Å².